The molecular weight excluding hydrogens is 378 g/mol. The van der Waals surface area contributed by atoms with Crippen molar-refractivity contribution in [1.82, 2.24) is 15.0 Å². The molecule has 0 amide bonds. The van der Waals surface area contributed by atoms with Crippen molar-refractivity contribution in [1.29, 1.82) is 0 Å². The minimum atomic E-state index is -0.628. The topological polar surface area (TPSA) is 116 Å². The number of hydrogen-bond donors (Lipinski definition) is 2. The summed E-state index contributed by atoms with van der Waals surface area (Å²) >= 11 is 3.11. The van der Waals surface area contributed by atoms with Crippen LogP contribution < -0.4 is 11.1 Å². The summed E-state index contributed by atoms with van der Waals surface area (Å²) in [5, 5.41) is 3.00. The van der Waals surface area contributed by atoms with Gasteiger partial charge in [-0.1, -0.05) is 18.2 Å². The zero-order valence-corrected chi connectivity index (χ0v) is 13.9. The molecule has 8 nitrogen and oxygen atoms in total. The number of benzene rings is 1. The summed E-state index contributed by atoms with van der Waals surface area (Å²) < 4.78 is 10.6. The maximum atomic E-state index is 11.8. The van der Waals surface area contributed by atoms with E-state index in [1.54, 1.807) is 6.07 Å². The lowest BCUT2D eigenvalue weighted by Crippen LogP contribution is -2.10. The van der Waals surface area contributed by atoms with Gasteiger partial charge < -0.3 is 20.2 Å². The fraction of sp³-hybridized carbons (Fsp3) is 0.0667. The van der Waals surface area contributed by atoms with Crippen LogP contribution in [-0.4, -0.2) is 20.9 Å². The summed E-state index contributed by atoms with van der Waals surface area (Å²) in [4.78, 5) is 23.9. The number of nitrogens with zero attached hydrogens (tertiary/aromatic N) is 3. The lowest BCUT2D eigenvalue weighted by atomic mass is 10.3. The molecule has 3 N–H and O–H groups in total. The first kappa shape index (κ1) is 15.9. The van der Waals surface area contributed by atoms with E-state index >= 15 is 0 Å². The summed E-state index contributed by atoms with van der Waals surface area (Å²) in [6.45, 7) is -0.159. The lowest BCUT2D eigenvalue weighted by molar-refractivity contribution is 0.0424. The number of hydrogen-bond acceptors (Lipinski definition) is 8. The molecule has 1 aromatic carbocycles. The largest absolute Gasteiger partial charge is 0.452 e. The molecule has 0 radical (unpaired) electrons. The van der Waals surface area contributed by atoms with E-state index in [1.165, 1.54) is 6.07 Å². The van der Waals surface area contributed by atoms with Crippen LogP contribution in [0, 0.1) is 0 Å². The number of halogens is 1. The smallest absolute Gasteiger partial charge is 0.374 e. The van der Waals surface area contributed by atoms with Gasteiger partial charge in [-0.2, -0.15) is 15.0 Å². The number of anilines is 3. The summed E-state index contributed by atoms with van der Waals surface area (Å²) in [5.41, 5.74) is 6.46. The Kier molecular flexibility index (Phi) is 4.71. The number of nitrogens with one attached hydrogen (secondary N) is 1. The fourth-order valence-corrected chi connectivity index (χ4v) is 2.14. The van der Waals surface area contributed by atoms with Gasteiger partial charge in [-0.05, 0) is 40.2 Å². The number of carbonyl (C=O) groups excluding carboxylic acids is 1. The zero-order chi connectivity index (χ0) is 16.9. The van der Waals surface area contributed by atoms with E-state index < -0.39 is 5.97 Å². The molecule has 2 aromatic heterocycles. The molecule has 0 aliphatic carbocycles. The van der Waals surface area contributed by atoms with Crippen LogP contribution in [0.15, 0.2) is 51.6 Å². The molecule has 0 saturated heterocycles. The molecule has 0 aliphatic heterocycles. The number of esters is 1. The van der Waals surface area contributed by atoms with E-state index in [0.717, 1.165) is 5.69 Å². The third-order valence-electron chi connectivity index (χ3n) is 2.84. The van der Waals surface area contributed by atoms with Crippen molar-refractivity contribution < 1.29 is 13.9 Å². The van der Waals surface area contributed by atoms with Crippen LogP contribution in [0.1, 0.15) is 16.4 Å². The predicted molar refractivity (Wildman–Crippen MR) is 89.5 cm³/mol. The molecule has 0 saturated carbocycles. The second-order valence-electron chi connectivity index (χ2n) is 4.60. The van der Waals surface area contributed by atoms with Crippen LogP contribution in [0.2, 0.25) is 0 Å². The Hall–Kier alpha value is -2.94. The van der Waals surface area contributed by atoms with Crippen LogP contribution in [0.4, 0.5) is 17.6 Å². The maximum Gasteiger partial charge on any atom is 0.374 e. The zero-order valence-electron chi connectivity index (χ0n) is 12.3. The summed E-state index contributed by atoms with van der Waals surface area (Å²) in [7, 11) is 0. The molecule has 9 heteroatoms. The van der Waals surface area contributed by atoms with Gasteiger partial charge in [0.2, 0.25) is 17.7 Å². The summed E-state index contributed by atoms with van der Waals surface area (Å²) in [6.07, 6.45) is 0. The molecule has 24 heavy (non-hydrogen) atoms. The third-order valence-corrected chi connectivity index (χ3v) is 3.26. The van der Waals surface area contributed by atoms with Gasteiger partial charge >= 0.3 is 5.97 Å². The molecular formula is C15H12BrN5O3. The van der Waals surface area contributed by atoms with Crippen molar-refractivity contribution in [2.45, 2.75) is 6.61 Å². The molecule has 0 fully saturated rings. The Bertz CT molecular complexity index is 853. The molecule has 2 heterocycles. The van der Waals surface area contributed by atoms with E-state index in [1.807, 2.05) is 30.3 Å². The van der Waals surface area contributed by atoms with Crippen LogP contribution in [0.25, 0.3) is 0 Å². The van der Waals surface area contributed by atoms with Crippen molar-refractivity contribution in [3.05, 3.63) is 58.7 Å². The van der Waals surface area contributed by atoms with Crippen molar-refractivity contribution in [3.8, 4) is 0 Å². The monoisotopic (exact) mass is 389 g/mol. The van der Waals surface area contributed by atoms with Gasteiger partial charge in [-0.25, -0.2) is 4.79 Å². The van der Waals surface area contributed by atoms with E-state index in [2.05, 4.69) is 36.2 Å². The first-order valence-electron chi connectivity index (χ1n) is 6.85. The van der Waals surface area contributed by atoms with E-state index in [0.29, 0.717) is 4.67 Å². The van der Waals surface area contributed by atoms with Gasteiger partial charge in [0.15, 0.2) is 17.1 Å². The molecule has 3 rings (SSSR count). The molecule has 122 valence electrons. The molecule has 0 unspecified atom stereocenters. The lowest BCUT2D eigenvalue weighted by Gasteiger charge is -2.07. The Labute approximate surface area is 145 Å². The van der Waals surface area contributed by atoms with Gasteiger partial charge in [0.25, 0.3) is 0 Å². The van der Waals surface area contributed by atoms with Crippen LogP contribution in [0.5, 0.6) is 0 Å². The number of nitrogens with two attached hydrogens (primary N) is 1. The van der Waals surface area contributed by atoms with Crippen LogP contribution in [0.3, 0.4) is 0 Å². The SMILES string of the molecule is Nc1nc(COC(=O)c2ccc(Br)o2)nc(Nc2ccccc2)n1. The molecule has 0 atom stereocenters. The highest BCUT2D eigenvalue weighted by Crippen LogP contribution is 2.16. The summed E-state index contributed by atoms with van der Waals surface area (Å²) in [6, 6.07) is 12.4. The Balaban J connectivity index is 1.68. The Morgan fingerprint density at radius 2 is 1.96 bits per heavy atom. The van der Waals surface area contributed by atoms with Gasteiger partial charge in [-0.15, -0.1) is 0 Å². The van der Waals surface area contributed by atoms with Gasteiger partial charge in [0.1, 0.15) is 0 Å². The number of para-hydroxylation sites is 1. The first-order chi connectivity index (χ1) is 11.6. The molecule has 0 bridgehead atoms. The van der Waals surface area contributed by atoms with Crippen molar-refractivity contribution in [2.24, 2.45) is 0 Å². The Morgan fingerprint density at radius 1 is 1.17 bits per heavy atom. The third kappa shape index (κ3) is 4.07. The highest BCUT2D eigenvalue weighted by atomic mass is 79.9. The van der Waals surface area contributed by atoms with Gasteiger partial charge in [0.05, 0.1) is 0 Å². The average molecular weight is 390 g/mol. The average Bonchev–Trinajstić information content (AvgIpc) is 3.00. The maximum absolute atomic E-state index is 11.8. The second kappa shape index (κ2) is 7.09. The highest BCUT2D eigenvalue weighted by Gasteiger charge is 2.14. The number of rotatable bonds is 5. The normalized spacial score (nSPS) is 10.4. The van der Waals surface area contributed by atoms with E-state index in [4.69, 9.17) is 14.9 Å². The van der Waals surface area contributed by atoms with E-state index in [9.17, 15) is 4.79 Å². The highest BCUT2D eigenvalue weighted by molar-refractivity contribution is 9.10. The first-order valence-corrected chi connectivity index (χ1v) is 7.64. The van der Waals surface area contributed by atoms with Crippen LogP contribution in [-0.2, 0) is 11.3 Å². The van der Waals surface area contributed by atoms with Gasteiger partial charge in [-0.3, -0.25) is 0 Å². The number of carbonyl (C=O) groups is 1. The number of nitrogen functional groups attached to an aromatic ring is 1. The van der Waals surface area contributed by atoms with Crippen LogP contribution >= 0.6 is 15.9 Å². The number of ether oxygens (including phenoxy) is 1. The number of furan rings is 1. The quantitative estimate of drug-likeness (QED) is 0.639. The van der Waals surface area contributed by atoms with Gasteiger partial charge in [0, 0.05) is 5.69 Å². The minimum absolute atomic E-state index is 0.0234. The molecule has 0 spiro atoms. The summed E-state index contributed by atoms with van der Waals surface area (Å²) in [5.74, 6) is -0.0422. The minimum Gasteiger partial charge on any atom is -0.452 e. The second-order valence-corrected chi connectivity index (χ2v) is 5.39. The Morgan fingerprint density at radius 3 is 2.67 bits per heavy atom. The van der Waals surface area contributed by atoms with Crippen molar-refractivity contribution >= 4 is 39.5 Å². The van der Waals surface area contributed by atoms with Crippen molar-refractivity contribution in [2.75, 3.05) is 11.1 Å². The molecule has 3 aromatic rings. The molecule has 0 aliphatic rings. The van der Waals surface area contributed by atoms with Crippen molar-refractivity contribution in [3.63, 3.8) is 0 Å². The predicted octanol–water partition coefficient (Wildman–Crippen LogP) is 2.91. The van der Waals surface area contributed by atoms with E-state index in [-0.39, 0.29) is 30.1 Å². The fourth-order valence-electron chi connectivity index (χ4n) is 1.83. The standard InChI is InChI=1S/C15H12BrN5O3/c16-11-7-6-10(24-11)13(22)23-8-12-19-14(17)21-15(20-12)18-9-4-2-1-3-5-9/h1-7H,8H2,(H3,17,18,19,20,21). The number of aromatic nitrogens is 3.